The number of carbonyl (C=O) groups excluding carboxylic acids is 1. The number of aromatic nitrogens is 1. The van der Waals surface area contributed by atoms with E-state index in [1.54, 1.807) is 24.1 Å². The molecule has 0 fully saturated rings. The quantitative estimate of drug-likeness (QED) is 0.515. The number of rotatable bonds is 7. The summed E-state index contributed by atoms with van der Waals surface area (Å²) < 4.78 is 44.7. The van der Waals surface area contributed by atoms with Gasteiger partial charge in [-0.1, -0.05) is 25.1 Å². The number of hydrogen-bond acceptors (Lipinski definition) is 6. The maximum Gasteiger partial charge on any atom is 0.254 e. The standard InChI is InChI=1S/C27H30FN3O4S/c1-3-21-22(9-11-24(26(21)28)36(2,33)34)27(32)31-13-14-35-23-10-7-18(15-20(23)17-31)5-4-6-19-8-12-25(29)30-16-19/h7-12,15-16H,3-6,13-14,17H2,1-2H3,(H2,29,30). The van der Waals surface area contributed by atoms with Crippen LogP contribution in [-0.4, -0.2) is 43.6 Å². The predicted molar refractivity (Wildman–Crippen MR) is 136 cm³/mol. The Kier molecular flexibility index (Phi) is 7.59. The van der Waals surface area contributed by atoms with Crippen molar-refractivity contribution in [2.75, 3.05) is 25.1 Å². The predicted octanol–water partition coefficient (Wildman–Crippen LogP) is 3.98. The second kappa shape index (κ2) is 10.7. The normalized spacial score (nSPS) is 13.6. The molecule has 3 aromatic rings. The van der Waals surface area contributed by atoms with E-state index in [9.17, 15) is 13.2 Å². The van der Waals surface area contributed by atoms with Gasteiger partial charge in [-0.15, -0.1) is 0 Å². The van der Waals surface area contributed by atoms with Crippen molar-refractivity contribution in [2.24, 2.45) is 0 Å². The van der Waals surface area contributed by atoms with Crippen molar-refractivity contribution in [3.05, 3.63) is 82.3 Å². The number of ether oxygens (including phenoxy) is 1. The van der Waals surface area contributed by atoms with Crippen LogP contribution >= 0.6 is 0 Å². The summed E-state index contributed by atoms with van der Waals surface area (Å²) in [4.78, 5) is 18.8. The summed E-state index contributed by atoms with van der Waals surface area (Å²) in [5.41, 5.74) is 9.08. The van der Waals surface area contributed by atoms with E-state index in [-0.39, 0.29) is 28.4 Å². The van der Waals surface area contributed by atoms with E-state index in [0.29, 0.717) is 25.5 Å². The zero-order valence-corrected chi connectivity index (χ0v) is 21.3. The van der Waals surface area contributed by atoms with E-state index >= 15 is 4.39 Å². The van der Waals surface area contributed by atoms with Gasteiger partial charge in [-0.2, -0.15) is 0 Å². The van der Waals surface area contributed by atoms with Crippen molar-refractivity contribution >= 4 is 21.6 Å². The Bertz CT molecular complexity index is 1370. The number of hydrogen-bond donors (Lipinski definition) is 1. The van der Waals surface area contributed by atoms with Crippen LogP contribution in [0.1, 0.15) is 46.0 Å². The number of nitrogens with zero attached hydrogens (tertiary/aromatic N) is 2. The number of nitrogen functional groups attached to an aromatic ring is 1. The van der Waals surface area contributed by atoms with Crippen LogP contribution in [0.4, 0.5) is 10.2 Å². The van der Waals surface area contributed by atoms with Crippen molar-refractivity contribution in [1.29, 1.82) is 0 Å². The molecule has 7 nitrogen and oxygen atoms in total. The lowest BCUT2D eigenvalue weighted by Gasteiger charge is -2.22. The molecule has 1 amide bonds. The molecule has 2 aromatic carbocycles. The van der Waals surface area contributed by atoms with Crippen LogP contribution in [0, 0.1) is 5.82 Å². The van der Waals surface area contributed by atoms with Gasteiger partial charge in [0.05, 0.1) is 6.54 Å². The Morgan fingerprint density at radius 1 is 1.14 bits per heavy atom. The smallest absolute Gasteiger partial charge is 0.254 e. The van der Waals surface area contributed by atoms with Crippen LogP contribution in [0.25, 0.3) is 0 Å². The molecule has 0 saturated heterocycles. The fraction of sp³-hybridized carbons (Fsp3) is 0.333. The van der Waals surface area contributed by atoms with E-state index in [1.807, 2.05) is 18.2 Å². The van der Waals surface area contributed by atoms with Gasteiger partial charge in [-0.25, -0.2) is 17.8 Å². The fourth-order valence-corrected chi connectivity index (χ4v) is 5.22. The van der Waals surface area contributed by atoms with Gasteiger partial charge in [0.15, 0.2) is 9.84 Å². The molecule has 0 atom stereocenters. The van der Waals surface area contributed by atoms with E-state index in [2.05, 4.69) is 11.1 Å². The molecule has 1 aliphatic heterocycles. The number of carbonyl (C=O) groups is 1. The number of halogens is 1. The highest BCUT2D eigenvalue weighted by Gasteiger charge is 2.26. The fourth-order valence-electron chi connectivity index (χ4n) is 4.46. The van der Waals surface area contributed by atoms with Crippen LogP contribution in [0.15, 0.2) is 53.6 Å². The summed E-state index contributed by atoms with van der Waals surface area (Å²) in [5.74, 6) is 0.0364. The number of amides is 1. The van der Waals surface area contributed by atoms with E-state index < -0.39 is 15.7 Å². The zero-order chi connectivity index (χ0) is 25.9. The average molecular weight is 512 g/mol. The number of aryl methyl sites for hydroxylation is 2. The number of fused-ring (bicyclic) bond motifs is 1. The highest BCUT2D eigenvalue weighted by atomic mass is 32.2. The monoisotopic (exact) mass is 511 g/mol. The molecule has 0 bridgehead atoms. The van der Waals surface area contributed by atoms with Crippen molar-refractivity contribution in [3.8, 4) is 5.75 Å². The molecular weight excluding hydrogens is 481 g/mol. The largest absolute Gasteiger partial charge is 0.491 e. The molecule has 0 spiro atoms. The summed E-state index contributed by atoms with van der Waals surface area (Å²) in [6, 6.07) is 12.4. The number of anilines is 1. The second-order valence-electron chi connectivity index (χ2n) is 8.99. The Hall–Kier alpha value is -3.46. The van der Waals surface area contributed by atoms with Crippen LogP contribution in [0.2, 0.25) is 0 Å². The van der Waals surface area contributed by atoms with Gasteiger partial charge in [-0.3, -0.25) is 4.79 Å². The molecular formula is C27H30FN3O4S. The minimum atomic E-state index is -3.74. The molecule has 190 valence electrons. The van der Waals surface area contributed by atoms with Crippen LogP contribution in [0.3, 0.4) is 0 Å². The minimum absolute atomic E-state index is 0.110. The Morgan fingerprint density at radius 2 is 1.89 bits per heavy atom. The molecule has 1 aromatic heterocycles. The lowest BCUT2D eigenvalue weighted by Crippen LogP contribution is -2.33. The van der Waals surface area contributed by atoms with Gasteiger partial charge in [0.1, 0.15) is 28.9 Å². The van der Waals surface area contributed by atoms with Crippen molar-refractivity contribution < 1.29 is 22.3 Å². The first-order valence-corrected chi connectivity index (χ1v) is 13.8. The van der Waals surface area contributed by atoms with Crippen LogP contribution < -0.4 is 10.5 Å². The second-order valence-corrected chi connectivity index (χ2v) is 11.0. The molecule has 2 N–H and O–H groups in total. The lowest BCUT2D eigenvalue weighted by molar-refractivity contribution is 0.0731. The third kappa shape index (κ3) is 5.67. The summed E-state index contributed by atoms with van der Waals surface area (Å²) in [7, 11) is -3.74. The Labute approximate surface area is 211 Å². The molecule has 0 radical (unpaired) electrons. The van der Waals surface area contributed by atoms with Crippen molar-refractivity contribution in [1.82, 2.24) is 9.88 Å². The summed E-state index contributed by atoms with van der Waals surface area (Å²) >= 11 is 0. The van der Waals surface area contributed by atoms with Gasteiger partial charge >= 0.3 is 0 Å². The first kappa shape index (κ1) is 25.6. The van der Waals surface area contributed by atoms with Gasteiger partial charge in [0, 0.05) is 35.7 Å². The van der Waals surface area contributed by atoms with Crippen LogP contribution in [0.5, 0.6) is 5.75 Å². The first-order valence-electron chi connectivity index (χ1n) is 11.9. The molecule has 1 aliphatic rings. The third-order valence-corrected chi connectivity index (χ3v) is 7.48. The topological polar surface area (TPSA) is 103 Å². The molecule has 2 heterocycles. The summed E-state index contributed by atoms with van der Waals surface area (Å²) in [6.45, 7) is 2.68. The van der Waals surface area contributed by atoms with Gasteiger partial charge in [-0.05, 0) is 61.1 Å². The van der Waals surface area contributed by atoms with E-state index in [0.717, 1.165) is 48.0 Å². The van der Waals surface area contributed by atoms with Crippen LogP contribution in [-0.2, 0) is 35.6 Å². The Morgan fingerprint density at radius 3 is 2.58 bits per heavy atom. The minimum Gasteiger partial charge on any atom is -0.491 e. The summed E-state index contributed by atoms with van der Waals surface area (Å²) in [5, 5.41) is 0. The number of sulfone groups is 1. The molecule has 0 saturated carbocycles. The molecule has 4 rings (SSSR count). The highest BCUT2D eigenvalue weighted by molar-refractivity contribution is 7.90. The van der Waals surface area contributed by atoms with Crippen molar-refractivity contribution in [3.63, 3.8) is 0 Å². The van der Waals surface area contributed by atoms with E-state index in [1.165, 1.54) is 12.1 Å². The number of benzene rings is 2. The van der Waals surface area contributed by atoms with Gasteiger partial charge in [0.25, 0.3) is 5.91 Å². The Balaban J connectivity index is 1.51. The van der Waals surface area contributed by atoms with Gasteiger partial charge < -0.3 is 15.4 Å². The van der Waals surface area contributed by atoms with Crippen molar-refractivity contribution in [2.45, 2.75) is 44.0 Å². The maximum atomic E-state index is 15.0. The number of pyridine rings is 1. The first-order chi connectivity index (χ1) is 17.2. The summed E-state index contributed by atoms with van der Waals surface area (Å²) in [6.07, 6.45) is 5.60. The lowest BCUT2D eigenvalue weighted by atomic mass is 10.0. The molecule has 36 heavy (non-hydrogen) atoms. The molecule has 0 aliphatic carbocycles. The SMILES string of the molecule is CCc1c(C(=O)N2CCOc3ccc(CCCc4ccc(N)nc4)cc3C2)ccc(S(C)(=O)=O)c1F. The maximum absolute atomic E-state index is 15.0. The molecule has 0 unspecified atom stereocenters. The van der Waals surface area contributed by atoms with E-state index in [4.69, 9.17) is 10.5 Å². The average Bonchev–Trinajstić information content (AvgIpc) is 3.06. The number of nitrogens with two attached hydrogens (primary N) is 1. The molecule has 9 heteroatoms. The zero-order valence-electron chi connectivity index (χ0n) is 20.5. The van der Waals surface area contributed by atoms with Gasteiger partial charge in [0.2, 0.25) is 0 Å². The third-order valence-electron chi connectivity index (χ3n) is 6.36. The highest BCUT2D eigenvalue weighted by Crippen LogP contribution is 2.28.